The van der Waals surface area contributed by atoms with E-state index in [9.17, 15) is 13.2 Å². The largest absolute Gasteiger partial charge is 0.495 e. The van der Waals surface area contributed by atoms with Crippen LogP contribution >= 0.6 is 23.2 Å². The van der Waals surface area contributed by atoms with E-state index in [-0.39, 0.29) is 16.5 Å². The van der Waals surface area contributed by atoms with Crippen molar-refractivity contribution < 1.29 is 27.4 Å². The summed E-state index contributed by atoms with van der Waals surface area (Å²) >= 11 is 12.2. The second kappa shape index (κ2) is 10.9. The van der Waals surface area contributed by atoms with Crippen LogP contribution in [0.3, 0.4) is 0 Å². The van der Waals surface area contributed by atoms with Crippen molar-refractivity contribution in [1.29, 1.82) is 0 Å². The Labute approximate surface area is 192 Å². The number of hydrogen-bond donors (Lipinski definition) is 1. The summed E-state index contributed by atoms with van der Waals surface area (Å²) in [5.74, 6) is 0.461. The molecule has 0 bridgehead atoms. The lowest BCUT2D eigenvalue weighted by atomic mass is 10.2. The van der Waals surface area contributed by atoms with Crippen molar-refractivity contribution >= 4 is 44.8 Å². The summed E-state index contributed by atoms with van der Waals surface area (Å²) in [7, 11) is -1.11. The van der Waals surface area contributed by atoms with Gasteiger partial charge in [0.2, 0.25) is 15.9 Å². The van der Waals surface area contributed by atoms with Crippen LogP contribution in [0.15, 0.2) is 35.2 Å². The van der Waals surface area contributed by atoms with Gasteiger partial charge in [-0.2, -0.15) is 4.31 Å². The highest BCUT2D eigenvalue weighted by Gasteiger charge is 2.26. The Morgan fingerprint density at radius 3 is 2.19 bits per heavy atom. The van der Waals surface area contributed by atoms with Gasteiger partial charge in [0.25, 0.3) is 0 Å². The number of amides is 1. The summed E-state index contributed by atoms with van der Waals surface area (Å²) < 4.78 is 42.8. The number of nitrogens with zero attached hydrogens (tertiary/aromatic N) is 1. The first kappa shape index (κ1) is 25.1. The molecule has 0 aliphatic heterocycles. The molecule has 0 saturated heterocycles. The summed E-state index contributed by atoms with van der Waals surface area (Å²) in [5, 5.41) is 3.11. The van der Waals surface area contributed by atoms with Gasteiger partial charge in [-0.05, 0) is 25.1 Å². The van der Waals surface area contributed by atoms with Crippen molar-refractivity contribution in [3.05, 3.63) is 40.4 Å². The number of rotatable bonds is 10. The number of methoxy groups -OCH3 is 2. The minimum atomic E-state index is -3.97. The monoisotopic (exact) mass is 490 g/mol. The van der Waals surface area contributed by atoms with Gasteiger partial charge in [-0.15, -0.1) is 0 Å². The van der Waals surface area contributed by atoms with Gasteiger partial charge in [0.1, 0.15) is 17.2 Å². The van der Waals surface area contributed by atoms with E-state index in [1.54, 1.807) is 13.8 Å². The van der Waals surface area contributed by atoms with Crippen LogP contribution in [0.2, 0.25) is 10.0 Å². The van der Waals surface area contributed by atoms with Crippen LogP contribution in [-0.2, 0) is 14.8 Å². The molecule has 2 rings (SSSR count). The van der Waals surface area contributed by atoms with E-state index >= 15 is 0 Å². The molecule has 31 heavy (non-hydrogen) atoms. The zero-order valence-electron chi connectivity index (χ0n) is 17.6. The summed E-state index contributed by atoms with van der Waals surface area (Å²) in [6, 6.07) is 7.16. The second-order valence-electron chi connectivity index (χ2n) is 6.19. The summed E-state index contributed by atoms with van der Waals surface area (Å²) in [6.45, 7) is 3.47. The van der Waals surface area contributed by atoms with Gasteiger partial charge in [0.15, 0.2) is 0 Å². The number of nitrogens with one attached hydrogen (secondary N) is 1. The quantitative estimate of drug-likeness (QED) is 0.539. The van der Waals surface area contributed by atoms with E-state index in [2.05, 4.69) is 5.32 Å². The zero-order chi connectivity index (χ0) is 23.2. The fourth-order valence-corrected chi connectivity index (χ4v) is 4.70. The topological polar surface area (TPSA) is 94.2 Å². The number of likely N-dealkylation sites (N-methyl/N-ethyl adjacent to an activating group) is 1. The maximum Gasteiger partial charge on any atom is 0.243 e. The average Bonchev–Trinajstić information content (AvgIpc) is 2.74. The number of halogens is 2. The first-order chi connectivity index (χ1) is 14.7. The van der Waals surface area contributed by atoms with E-state index in [4.69, 9.17) is 37.4 Å². The van der Waals surface area contributed by atoms with Gasteiger partial charge in [-0.3, -0.25) is 4.79 Å². The maximum atomic E-state index is 13.0. The van der Waals surface area contributed by atoms with E-state index in [0.29, 0.717) is 34.6 Å². The number of benzene rings is 2. The van der Waals surface area contributed by atoms with Gasteiger partial charge in [0, 0.05) is 18.7 Å². The normalized spacial score (nSPS) is 11.3. The number of anilines is 1. The molecule has 0 radical (unpaired) electrons. The van der Waals surface area contributed by atoms with Gasteiger partial charge < -0.3 is 19.5 Å². The lowest BCUT2D eigenvalue weighted by Crippen LogP contribution is -2.37. The van der Waals surface area contributed by atoms with Crippen LogP contribution in [0, 0.1) is 0 Å². The first-order valence-electron chi connectivity index (χ1n) is 9.31. The fraction of sp³-hybridized carbons (Fsp3) is 0.350. The van der Waals surface area contributed by atoms with Crippen LogP contribution in [-0.4, -0.2) is 52.5 Å². The first-order valence-corrected chi connectivity index (χ1v) is 11.5. The van der Waals surface area contributed by atoms with Crippen molar-refractivity contribution in [2.75, 3.05) is 39.2 Å². The molecule has 2 aromatic rings. The average molecular weight is 491 g/mol. The third-order valence-corrected chi connectivity index (χ3v) is 6.77. The fourth-order valence-electron chi connectivity index (χ4n) is 2.74. The van der Waals surface area contributed by atoms with Crippen molar-refractivity contribution in [3.8, 4) is 17.2 Å². The van der Waals surface area contributed by atoms with Crippen molar-refractivity contribution in [1.82, 2.24) is 4.31 Å². The van der Waals surface area contributed by atoms with E-state index in [0.717, 1.165) is 4.31 Å². The van der Waals surface area contributed by atoms with E-state index in [1.807, 2.05) is 0 Å². The van der Waals surface area contributed by atoms with Crippen molar-refractivity contribution in [3.63, 3.8) is 0 Å². The molecule has 0 unspecified atom stereocenters. The number of carbonyl (C=O) groups is 1. The Balaban J connectivity index is 2.24. The molecular formula is C20H24Cl2N2O6S. The summed E-state index contributed by atoms with van der Waals surface area (Å²) in [6.07, 6.45) is 0. The molecule has 0 saturated carbocycles. The number of hydrogen-bond acceptors (Lipinski definition) is 6. The van der Waals surface area contributed by atoms with Gasteiger partial charge >= 0.3 is 0 Å². The molecule has 11 heteroatoms. The Hall–Kier alpha value is -2.20. The number of ether oxygens (including phenoxy) is 3. The standard InChI is InChI=1S/C20H24Cl2N2O6S/c1-5-24(31(26,27)13-7-8-17(30-6-2)14(21)9-13)12-20(25)23-16-11-18(28-3)15(22)10-19(16)29-4/h7-11H,5-6,12H2,1-4H3,(H,23,25). The lowest BCUT2D eigenvalue weighted by molar-refractivity contribution is -0.116. The molecule has 1 amide bonds. The molecule has 0 atom stereocenters. The molecule has 170 valence electrons. The third-order valence-electron chi connectivity index (χ3n) is 4.26. The molecule has 0 aliphatic rings. The lowest BCUT2D eigenvalue weighted by Gasteiger charge is -2.21. The van der Waals surface area contributed by atoms with Crippen molar-refractivity contribution in [2.45, 2.75) is 18.7 Å². The molecule has 1 N–H and O–H groups in total. The number of sulfonamides is 1. The maximum absolute atomic E-state index is 13.0. The molecule has 0 fully saturated rings. The van der Waals surface area contributed by atoms with E-state index < -0.39 is 22.5 Å². The van der Waals surface area contributed by atoms with Gasteiger partial charge in [-0.1, -0.05) is 30.1 Å². The highest BCUT2D eigenvalue weighted by atomic mass is 35.5. The molecule has 0 aromatic heterocycles. The smallest absolute Gasteiger partial charge is 0.243 e. The molecular weight excluding hydrogens is 467 g/mol. The van der Waals surface area contributed by atoms with Crippen LogP contribution < -0.4 is 19.5 Å². The van der Waals surface area contributed by atoms with Gasteiger partial charge in [-0.25, -0.2) is 8.42 Å². The minimum absolute atomic E-state index is 0.0404. The Bertz CT molecular complexity index is 1050. The zero-order valence-corrected chi connectivity index (χ0v) is 19.9. The Morgan fingerprint density at radius 1 is 1.00 bits per heavy atom. The van der Waals surface area contributed by atoms with Crippen molar-refractivity contribution in [2.24, 2.45) is 0 Å². The van der Waals surface area contributed by atoms with Crippen LogP contribution in [0.5, 0.6) is 17.2 Å². The summed E-state index contributed by atoms with van der Waals surface area (Å²) in [5.41, 5.74) is 0.298. The van der Waals surface area contributed by atoms with Crippen LogP contribution in [0.4, 0.5) is 5.69 Å². The molecule has 8 nitrogen and oxygen atoms in total. The molecule has 0 aliphatic carbocycles. The van der Waals surface area contributed by atoms with Crippen LogP contribution in [0.25, 0.3) is 0 Å². The summed E-state index contributed by atoms with van der Waals surface area (Å²) in [4.78, 5) is 12.6. The molecule has 0 spiro atoms. The van der Waals surface area contributed by atoms with Crippen LogP contribution in [0.1, 0.15) is 13.8 Å². The Morgan fingerprint density at radius 2 is 1.65 bits per heavy atom. The predicted molar refractivity (Wildman–Crippen MR) is 120 cm³/mol. The highest BCUT2D eigenvalue weighted by molar-refractivity contribution is 7.89. The SMILES string of the molecule is CCOc1ccc(S(=O)(=O)N(CC)CC(=O)Nc2cc(OC)c(Cl)cc2OC)cc1Cl. The van der Waals surface area contributed by atoms with E-state index in [1.165, 1.54) is 44.6 Å². The third kappa shape index (κ3) is 5.94. The number of carbonyl (C=O) groups excluding carboxylic acids is 1. The Kier molecular flexibility index (Phi) is 8.81. The predicted octanol–water partition coefficient (Wildman–Crippen LogP) is 4.06. The molecule has 2 aromatic carbocycles. The molecule has 0 heterocycles. The second-order valence-corrected chi connectivity index (χ2v) is 8.94. The highest BCUT2D eigenvalue weighted by Crippen LogP contribution is 2.36. The van der Waals surface area contributed by atoms with Gasteiger partial charge in [0.05, 0.1) is 48.0 Å². The minimum Gasteiger partial charge on any atom is -0.495 e.